The molecular formula is C22H17FN2O3S. The Labute approximate surface area is 171 Å². The smallest absolute Gasteiger partial charge is 0.348 e. The van der Waals surface area contributed by atoms with Gasteiger partial charge in [0.15, 0.2) is 6.61 Å². The molecule has 5 nitrogen and oxygen atoms in total. The molecule has 1 heterocycles. The summed E-state index contributed by atoms with van der Waals surface area (Å²) in [6.07, 6.45) is 0.167. The van der Waals surface area contributed by atoms with Crippen LogP contribution in [0.4, 0.5) is 10.1 Å². The Bertz CT molecular complexity index is 1030. The molecule has 1 amide bonds. The fourth-order valence-corrected chi connectivity index (χ4v) is 3.57. The predicted molar refractivity (Wildman–Crippen MR) is 109 cm³/mol. The summed E-state index contributed by atoms with van der Waals surface area (Å²) in [4.78, 5) is 27.4. The third kappa shape index (κ3) is 5.27. The largest absolute Gasteiger partial charge is 0.451 e. The Balaban J connectivity index is 1.64. The highest BCUT2D eigenvalue weighted by molar-refractivity contribution is 7.17. The molecule has 0 aliphatic carbocycles. The molecule has 146 valence electrons. The minimum Gasteiger partial charge on any atom is -0.451 e. The van der Waals surface area contributed by atoms with E-state index in [0.29, 0.717) is 10.6 Å². The van der Waals surface area contributed by atoms with Crippen LogP contribution >= 0.6 is 11.3 Å². The van der Waals surface area contributed by atoms with E-state index in [2.05, 4.69) is 0 Å². The van der Waals surface area contributed by atoms with Gasteiger partial charge in [0.1, 0.15) is 10.7 Å². The van der Waals surface area contributed by atoms with Crippen LogP contribution < -0.4 is 4.90 Å². The molecule has 0 aliphatic rings. The maximum Gasteiger partial charge on any atom is 0.348 e. The number of rotatable bonds is 7. The van der Waals surface area contributed by atoms with Gasteiger partial charge in [0.2, 0.25) is 0 Å². The summed E-state index contributed by atoms with van der Waals surface area (Å²) < 4.78 is 18.2. The highest BCUT2D eigenvalue weighted by atomic mass is 32.1. The first-order valence-electron chi connectivity index (χ1n) is 8.84. The average Bonchev–Trinajstić information content (AvgIpc) is 3.24. The van der Waals surface area contributed by atoms with Crippen LogP contribution in [0, 0.1) is 17.1 Å². The fraction of sp³-hybridized carbons (Fsp3) is 0.136. The van der Waals surface area contributed by atoms with Crippen LogP contribution in [0.25, 0.3) is 10.4 Å². The van der Waals surface area contributed by atoms with Crippen LogP contribution in [0.1, 0.15) is 16.1 Å². The molecule has 29 heavy (non-hydrogen) atoms. The molecule has 0 atom stereocenters. The molecule has 2 aromatic carbocycles. The molecule has 0 saturated heterocycles. The maximum atomic E-state index is 13.1. The van der Waals surface area contributed by atoms with Gasteiger partial charge in [-0.15, -0.1) is 11.3 Å². The second-order valence-electron chi connectivity index (χ2n) is 6.04. The number of amides is 1. The number of carbonyl (C=O) groups excluding carboxylic acids is 2. The summed E-state index contributed by atoms with van der Waals surface area (Å²) in [6.45, 7) is -0.215. The van der Waals surface area contributed by atoms with Gasteiger partial charge in [0.25, 0.3) is 5.91 Å². The first kappa shape index (κ1) is 20.2. The lowest BCUT2D eigenvalue weighted by molar-refractivity contribution is -0.121. The summed E-state index contributed by atoms with van der Waals surface area (Å²) >= 11 is 1.21. The number of benzene rings is 2. The van der Waals surface area contributed by atoms with Crippen LogP contribution in [0.5, 0.6) is 0 Å². The maximum absolute atomic E-state index is 13.1. The van der Waals surface area contributed by atoms with Crippen molar-refractivity contribution in [3.8, 4) is 16.5 Å². The quantitative estimate of drug-likeness (QED) is 0.533. The van der Waals surface area contributed by atoms with E-state index >= 15 is 0 Å². The van der Waals surface area contributed by atoms with Gasteiger partial charge in [-0.25, -0.2) is 9.18 Å². The van der Waals surface area contributed by atoms with E-state index in [1.807, 2.05) is 12.1 Å². The Morgan fingerprint density at radius 3 is 2.45 bits per heavy atom. The molecule has 0 aliphatic heterocycles. The molecule has 0 unspecified atom stereocenters. The number of ether oxygens (including phenoxy) is 1. The van der Waals surface area contributed by atoms with Gasteiger partial charge in [-0.3, -0.25) is 4.79 Å². The number of nitrogens with zero attached hydrogens (tertiary/aromatic N) is 2. The monoisotopic (exact) mass is 408 g/mol. The zero-order valence-corrected chi connectivity index (χ0v) is 16.2. The average molecular weight is 408 g/mol. The van der Waals surface area contributed by atoms with Crippen molar-refractivity contribution in [3.05, 3.63) is 77.4 Å². The second kappa shape index (κ2) is 9.62. The van der Waals surface area contributed by atoms with Crippen LogP contribution in [-0.2, 0) is 9.53 Å². The predicted octanol–water partition coefficient (Wildman–Crippen LogP) is 4.66. The molecule has 0 fully saturated rings. The zero-order valence-electron chi connectivity index (χ0n) is 15.4. The molecule has 1 aromatic heterocycles. The number of nitriles is 1. The molecule has 0 bridgehead atoms. The summed E-state index contributed by atoms with van der Waals surface area (Å²) in [5, 5.41) is 8.83. The molecule has 3 rings (SSSR count). The van der Waals surface area contributed by atoms with Crippen molar-refractivity contribution < 1.29 is 18.7 Å². The Morgan fingerprint density at radius 1 is 1.03 bits per heavy atom. The third-order valence-electron chi connectivity index (χ3n) is 4.08. The summed E-state index contributed by atoms with van der Waals surface area (Å²) in [5.41, 5.74) is 1.43. The molecule has 0 saturated carbocycles. The highest BCUT2D eigenvalue weighted by Crippen LogP contribution is 2.28. The van der Waals surface area contributed by atoms with Crippen LogP contribution in [0.15, 0.2) is 66.7 Å². The zero-order chi connectivity index (χ0) is 20.6. The Morgan fingerprint density at radius 2 is 1.76 bits per heavy atom. The van der Waals surface area contributed by atoms with Crippen LogP contribution in [0.3, 0.4) is 0 Å². The normalized spacial score (nSPS) is 10.2. The Hall–Kier alpha value is -3.50. The van der Waals surface area contributed by atoms with E-state index in [-0.39, 0.29) is 18.8 Å². The molecule has 0 spiro atoms. The van der Waals surface area contributed by atoms with E-state index in [9.17, 15) is 14.0 Å². The number of anilines is 1. The number of thiophene rings is 1. The summed E-state index contributed by atoms with van der Waals surface area (Å²) in [5.74, 6) is -1.34. The number of para-hydroxylation sites is 1. The van der Waals surface area contributed by atoms with Crippen molar-refractivity contribution in [2.24, 2.45) is 0 Å². The van der Waals surface area contributed by atoms with Gasteiger partial charge in [0.05, 0.1) is 12.5 Å². The minimum absolute atomic E-state index is 0.167. The molecule has 0 N–H and O–H groups in total. The summed E-state index contributed by atoms with van der Waals surface area (Å²) in [7, 11) is 0. The summed E-state index contributed by atoms with van der Waals surface area (Å²) in [6, 6.07) is 20.3. The highest BCUT2D eigenvalue weighted by Gasteiger charge is 2.19. The Kier molecular flexibility index (Phi) is 6.72. The van der Waals surface area contributed by atoms with Gasteiger partial charge in [-0.05, 0) is 42.0 Å². The van der Waals surface area contributed by atoms with E-state index in [0.717, 1.165) is 10.4 Å². The topological polar surface area (TPSA) is 70.4 Å². The molecular weight excluding hydrogens is 391 g/mol. The fourth-order valence-electron chi connectivity index (χ4n) is 2.66. The lowest BCUT2D eigenvalue weighted by Crippen LogP contribution is -2.35. The van der Waals surface area contributed by atoms with Gasteiger partial charge < -0.3 is 9.64 Å². The standard InChI is InChI=1S/C22H17FN2O3S/c23-17-9-7-16(8-10-17)19-11-12-20(29-19)22(27)28-15-21(26)25(14-4-13-24)18-5-2-1-3-6-18/h1-3,5-12H,4,14-15H2. The van der Waals surface area contributed by atoms with E-state index in [1.54, 1.807) is 48.5 Å². The number of esters is 1. The lowest BCUT2D eigenvalue weighted by atomic mass is 10.2. The third-order valence-corrected chi connectivity index (χ3v) is 5.19. The first-order valence-corrected chi connectivity index (χ1v) is 9.65. The van der Waals surface area contributed by atoms with Gasteiger partial charge in [0, 0.05) is 17.1 Å². The number of carbonyl (C=O) groups is 2. The molecule has 7 heteroatoms. The first-order chi connectivity index (χ1) is 14.1. The van der Waals surface area contributed by atoms with E-state index < -0.39 is 18.5 Å². The van der Waals surface area contributed by atoms with E-state index in [4.69, 9.17) is 10.00 Å². The van der Waals surface area contributed by atoms with Crippen molar-refractivity contribution in [1.82, 2.24) is 0 Å². The van der Waals surface area contributed by atoms with Crippen molar-refractivity contribution in [2.75, 3.05) is 18.1 Å². The molecule has 3 aromatic rings. The van der Waals surface area contributed by atoms with Gasteiger partial charge in [-0.1, -0.05) is 30.3 Å². The number of hydrogen-bond acceptors (Lipinski definition) is 5. The second-order valence-corrected chi connectivity index (χ2v) is 7.12. The van der Waals surface area contributed by atoms with E-state index in [1.165, 1.54) is 28.4 Å². The van der Waals surface area contributed by atoms with Crippen molar-refractivity contribution >= 4 is 28.9 Å². The van der Waals surface area contributed by atoms with Gasteiger partial charge in [-0.2, -0.15) is 5.26 Å². The number of hydrogen-bond donors (Lipinski definition) is 0. The SMILES string of the molecule is N#CCCN(C(=O)COC(=O)c1ccc(-c2ccc(F)cc2)s1)c1ccccc1. The lowest BCUT2D eigenvalue weighted by Gasteiger charge is -2.21. The van der Waals surface area contributed by atoms with Crippen LogP contribution in [-0.4, -0.2) is 25.0 Å². The van der Waals surface area contributed by atoms with Crippen LogP contribution in [0.2, 0.25) is 0 Å². The van der Waals surface area contributed by atoms with Crippen molar-refractivity contribution in [1.29, 1.82) is 5.26 Å². The van der Waals surface area contributed by atoms with Crippen molar-refractivity contribution in [2.45, 2.75) is 6.42 Å². The van der Waals surface area contributed by atoms with Crippen molar-refractivity contribution in [3.63, 3.8) is 0 Å². The molecule has 0 radical (unpaired) electrons. The minimum atomic E-state index is -0.606. The van der Waals surface area contributed by atoms with Gasteiger partial charge >= 0.3 is 5.97 Å². The number of halogens is 1.